The van der Waals surface area contributed by atoms with Gasteiger partial charge in [0.05, 0.1) is 22.7 Å². The van der Waals surface area contributed by atoms with Crippen LogP contribution in [-0.4, -0.2) is 9.55 Å². The zero-order chi connectivity index (χ0) is 14.8. The van der Waals surface area contributed by atoms with Crippen LogP contribution in [0.1, 0.15) is 29.4 Å². The van der Waals surface area contributed by atoms with Crippen LogP contribution in [0.2, 0.25) is 0 Å². The summed E-state index contributed by atoms with van der Waals surface area (Å²) in [4.78, 5) is 4.56. The predicted molar refractivity (Wildman–Crippen MR) is 81.1 cm³/mol. The number of benzene rings is 1. The molecule has 0 bridgehead atoms. The largest absolute Gasteiger partial charge is 0.469 e. The summed E-state index contributed by atoms with van der Waals surface area (Å²) in [6.07, 6.45) is 2.42. The van der Waals surface area contributed by atoms with E-state index in [2.05, 4.69) is 15.6 Å². The highest BCUT2D eigenvalue weighted by Crippen LogP contribution is 2.26. The van der Waals surface area contributed by atoms with Crippen molar-refractivity contribution in [2.45, 2.75) is 25.3 Å². The van der Waals surface area contributed by atoms with E-state index in [0.717, 1.165) is 23.5 Å². The number of rotatable bonds is 4. The van der Waals surface area contributed by atoms with Crippen molar-refractivity contribution in [3.63, 3.8) is 0 Å². The van der Waals surface area contributed by atoms with E-state index >= 15 is 0 Å². The number of imidazole rings is 1. The number of aromatic nitrogens is 2. The lowest BCUT2D eigenvalue weighted by Gasteiger charge is -2.09. The van der Waals surface area contributed by atoms with Gasteiger partial charge in [0.2, 0.25) is 0 Å². The first-order valence-corrected chi connectivity index (χ1v) is 7.20. The molecule has 2 heterocycles. The van der Waals surface area contributed by atoms with Gasteiger partial charge in [-0.2, -0.15) is 5.26 Å². The van der Waals surface area contributed by atoms with Crippen LogP contribution in [0.25, 0.3) is 11.0 Å². The van der Waals surface area contributed by atoms with E-state index in [-0.39, 0.29) is 5.38 Å². The van der Waals surface area contributed by atoms with E-state index in [1.165, 1.54) is 0 Å². The smallest absolute Gasteiger partial charge is 0.127 e. The van der Waals surface area contributed by atoms with Gasteiger partial charge in [-0.25, -0.2) is 4.98 Å². The SMILES string of the molecule is CC(Cl)c1nc2c(C#N)cccc2n1CCc1ccco1. The van der Waals surface area contributed by atoms with E-state index in [4.69, 9.17) is 16.0 Å². The number of para-hydroxylation sites is 1. The first-order chi connectivity index (χ1) is 10.2. The molecule has 0 spiro atoms. The van der Waals surface area contributed by atoms with Gasteiger partial charge in [0.25, 0.3) is 0 Å². The van der Waals surface area contributed by atoms with Crippen LogP contribution in [0.15, 0.2) is 41.0 Å². The van der Waals surface area contributed by atoms with E-state index in [1.807, 2.05) is 31.2 Å². The Bertz CT molecular complexity index is 797. The minimum atomic E-state index is -0.222. The van der Waals surface area contributed by atoms with Crippen LogP contribution < -0.4 is 0 Å². The number of nitrogens with zero attached hydrogens (tertiary/aromatic N) is 3. The molecule has 0 saturated carbocycles. The third kappa shape index (κ3) is 2.53. The Balaban J connectivity index is 2.06. The maximum atomic E-state index is 9.21. The van der Waals surface area contributed by atoms with Crippen LogP contribution >= 0.6 is 11.6 Å². The molecule has 0 amide bonds. The van der Waals surface area contributed by atoms with Gasteiger partial charge in [0.15, 0.2) is 0 Å². The van der Waals surface area contributed by atoms with E-state index in [0.29, 0.717) is 17.6 Å². The normalized spacial score (nSPS) is 12.4. The number of furan rings is 1. The molecule has 0 N–H and O–H groups in total. The fourth-order valence-electron chi connectivity index (χ4n) is 2.47. The topological polar surface area (TPSA) is 54.8 Å². The average molecular weight is 300 g/mol. The molecule has 0 aliphatic heterocycles. The van der Waals surface area contributed by atoms with Crippen molar-refractivity contribution in [1.82, 2.24) is 9.55 Å². The maximum absolute atomic E-state index is 9.21. The second-order valence-corrected chi connectivity index (χ2v) is 5.51. The summed E-state index contributed by atoms with van der Waals surface area (Å²) in [5.74, 6) is 1.70. The summed E-state index contributed by atoms with van der Waals surface area (Å²) >= 11 is 6.25. The number of nitriles is 1. The highest BCUT2D eigenvalue weighted by molar-refractivity contribution is 6.20. The molecule has 0 saturated heterocycles. The predicted octanol–water partition coefficient (Wildman–Crippen LogP) is 4.04. The Morgan fingerprint density at radius 3 is 2.90 bits per heavy atom. The first-order valence-electron chi connectivity index (χ1n) is 6.76. The highest BCUT2D eigenvalue weighted by atomic mass is 35.5. The molecule has 4 nitrogen and oxygen atoms in total. The molecule has 21 heavy (non-hydrogen) atoms. The zero-order valence-electron chi connectivity index (χ0n) is 11.6. The zero-order valence-corrected chi connectivity index (χ0v) is 12.3. The van der Waals surface area contributed by atoms with Crippen LogP contribution in [0.5, 0.6) is 0 Å². The van der Waals surface area contributed by atoms with Crippen molar-refractivity contribution in [1.29, 1.82) is 5.26 Å². The lowest BCUT2D eigenvalue weighted by Crippen LogP contribution is -2.06. The van der Waals surface area contributed by atoms with Gasteiger partial charge in [0, 0.05) is 13.0 Å². The lowest BCUT2D eigenvalue weighted by molar-refractivity contribution is 0.490. The van der Waals surface area contributed by atoms with Crippen LogP contribution in [-0.2, 0) is 13.0 Å². The van der Waals surface area contributed by atoms with Crippen molar-refractivity contribution in [3.8, 4) is 6.07 Å². The van der Waals surface area contributed by atoms with Gasteiger partial charge in [0.1, 0.15) is 23.2 Å². The molecule has 3 rings (SSSR count). The molecule has 2 aromatic heterocycles. The van der Waals surface area contributed by atoms with Crippen LogP contribution in [0.4, 0.5) is 0 Å². The van der Waals surface area contributed by atoms with E-state index in [9.17, 15) is 5.26 Å². The fourth-order valence-corrected chi connectivity index (χ4v) is 2.64. The summed E-state index contributed by atoms with van der Waals surface area (Å²) in [7, 11) is 0. The number of alkyl halides is 1. The third-order valence-corrected chi connectivity index (χ3v) is 3.64. The van der Waals surface area contributed by atoms with Gasteiger partial charge >= 0.3 is 0 Å². The van der Waals surface area contributed by atoms with Crippen LogP contribution in [0.3, 0.4) is 0 Å². The lowest BCUT2D eigenvalue weighted by atomic mass is 10.2. The molecule has 1 unspecified atom stereocenters. The molecule has 1 atom stereocenters. The minimum Gasteiger partial charge on any atom is -0.469 e. The van der Waals surface area contributed by atoms with Crippen molar-refractivity contribution < 1.29 is 4.42 Å². The van der Waals surface area contributed by atoms with E-state index < -0.39 is 0 Å². The first kappa shape index (κ1) is 13.7. The summed E-state index contributed by atoms with van der Waals surface area (Å²) in [6.45, 7) is 2.60. The van der Waals surface area contributed by atoms with Crippen molar-refractivity contribution in [2.75, 3.05) is 0 Å². The molecular weight excluding hydrogens is 286 g/mol. The second-order valence-electron chi connectivity index (χ2n) is 4.85. The molecule has 5 heteroatoms. The minimum absolute atomic E-state index is 0.222. The monoisotopic (exact) mass is 299 g/mol. The molecule has 3 aromatic rings. The van der Waals surface area contributed by atoms with Gasteiger partial charge in [-0.05, 0) is 31.2 Å². The Kier molecular flexibility index (Phi) is 3.68. The quantitative estimate of drug-likeness (QED) is 0.683. The second kappa shape index (κ2) is 5.63. The summed E-state index contributed by atoms with van der Waals surface area (Å²) < 4.78 is 7.44. The molecule has 106 valence electrons. The molecule has 0 aliphatic rings. The summed E-state index contributed by atoms with van der Waals surface area (Å²) in [5.41, 5.74) is 2.22. The third-order valence-electron chi connectivity index (χ3n) is 3.45. The van der Waals surface area contributed by atoms with E-state index in [1.54, 1.807) is 12.3 Å². The Morgan fingerprint density at radius 2 is 2.24 bits per heavy atom. The molecule has 1 aromatic carbocycles. The Labute approximate surface area is 127 Å². The van der Waals surface area contributed by atoms with Crippen molar-refractivity contribution in [3.05, 3.63) is 53.7 Å². The fraction of sp³-hybridized carbons (Fsp3) is 0.250. The summed E-state index contributed by atoms with van der Waals surface area (Å²) in [5, 5.41) is 8.99. The number of fused-ring (bicyclic) bond motifs is 1. The molecule has 0 fully saturated rings. The summed E-state index contributed by atoms with van der Waals surface area (Å²) in [6, 6.07) is 11.6. The van der Waals surface area contributed by atoms with Gasteiger partial charge in [-0.3, -0.25) is 0 Å². The van der Waals surface area contributed by atoms with Gasteiger partial charge in [-0.1, -0.05) is 6.07 Å². The Hall–Kier alpha value is -2.25. The number of hydrogen-bond acceptors (Lipinski definition) is 3. The van der Waals surface area contributed by atoms with Crippen molar-refractivity contribution in [2.24, 2.45) is 0 Å². The number of halogens is 1. The Morgan fingerprint density at radius 1 is 1.38 bits per heavy atom. The molecule has 0 aliphatic carbocycles. The highest BCUT2D eigenvalue weighted by Gasteiger charge is 2.17. The van der Waals surface area contributed by atoms with Gasteiger partial charge in [-0.15, -0.1) is 11.6 Å². The molecule has 0 radical (unpaired) electrons. The maximum Gasteiger partial charge on any atom is 0.127 e. The van der Waals surface area contributed by atoms with Crippen LogP contribution in [0, 0.1) is 11.3 Å². The average Bonchev–Trinajstić information content (AvgIpc) is 3.11. The number of aryl methyl sites for hydroxylation is 2. The van der Waals surface area contributed by atoms with Gasteiger partial charge < -0.3 is 8.98 Å². The molecular formula is C16H14ClN3O. The standard InChI is InChI=1S/C16H14ClN3O/c1-11(17)16-19-15-12(10-18)4-2-6-14(15)20(16)8-7-13-5-3-9-21-13/h2-6,9,11H,7-8H2,1H3. The number of hydrogen-bond donors (Lipinski definition) is 0. The van der Waals surface area contributed by atoms with Crippen molar-refractivity contribution >= 4 is 22.6 Å².